The number of carbonyl (C=O) groups is 1. The van der Waals surface area contributed by atoms with E-state index in [1.165, 1.54) is 0 Å². The van der Waals surface area contributed by atoms with Crippen molar-refractivity contribution in [2.45, 2.75) is 24.2 Å². The van der Waals surface area contributed by atoms with Crippen molar-refractivity contribution in [2.75, 3.05) is 0 Å². The summed E-state index contributed by atoms with van der Waals surface area (Å²) in [6.45, 7) is 0. The Hall–Kier alpha value is -1.17. The number of carboxylic acids is 1. The van der Waals surface area contributed by atoms with Crippen molar-refractivity contribution in [2.24, 2.45) is 11.5 Å². The first-order chi connectivity index (χ1) is 6.24. The Morgan fingerprint density at radius 3 is 2.50 bits per heavy atom. The van der Waals surface area contributed by atoms with Crippen LogP contribution in [-0.2, 0) is 4.79 Å². The number of guanidine groups is 1. The van der Waals surface area contributed by atoms with Crippen LogP contribution < -0.4 is 16.8 Å². The van der Waals surface area contributed by atoms with Gasteiger partial charge in [-0.25, -0.2) is 0 Å². The number of hydrogen-bond donors (Lipinski definition) is 5. The Balaban J connectivity index is 3.98. The van der Waals surface area contributed by atoms with Crippen LogP contribution in [0.1, 0.15) is 12.8 Å². The maximum absolute atomic E-state index is 10.4. The fraction of sp³-hybridized carbons (Fsp3) is 0.667. The van der Waals surface area contributed by atoms with Gasteiger partial charge < -0.3 is 21.9 Å². The molecule has 0 aliphatic heterocycles. The second-order valence-electron chi connectivity index (χ2n) is 3.91. The first-order valence-corrected chi connectivity index (χ1v) is 4.35. The van der Waals surface area contributed by atoms with Gasteiger partial charge in [-0.2, -0.15) is 0 Å². The predicted octanol–water partition coefficient (Wildman–Crippen LogP) is -3.42. The lowest BCUT2D eigenvalue weighted by atomic mass is 9.59. The van der Waals surface area contributed by atoms with E-state index in [-0.39, 0.29) is 5.96 Å². The molecular weight excluding hydrogens is 182 g/mol. The highest BCUT2D eigenvalue weighted by atomic mass is 16.4. The third kappa shape index (κ3) is 5.47. The van der Waals surface area contributed by atoms with Gasteiger partial charge in [0.15, 0.2) is 5.96 Å². The number of nitrogens with one attached hydrogen (secondary N) is 2. The summed E-state index contributed by atoms with van der Waals surface area (Å²) < 4.78 is 0. The molecule has 0 amide bonds. The predicted molar refractivity (Wildman–Crippen MR) is 59.7 cm³/mol. The van der Waals surface area contributed by atoms with Crippen LogP contribution in [0.3, 0.4) is 0 Å². The summed E-state index contributed by atoms with van der Waals surface area (Å²) in [5.41, 5.74) is 10.5. The van der Waals surface area contributed by atoms with Crippen LogP contribution in [0.15, 0.2) is 0 Å². The molecule has 0 saturated heterocycles. The number of nitrogens with two attached hydrogens (primary N) is 2. The fourth-order valence-corrected chi connectivity index (χ4v) is 1.07. The zero-order chi connectivity index (χ0) is 11.4. The smallest absolute Gasteiger partial charge is 0.320 e. The summed E-state index contributed by atoms with van der Waals surface area (Å²) in [6.07, 6.45) is 0.892. The van der Waals surface area contributed by atoms with Crippen molar-refractivity contribution in [1.82, 2.24) is 5.32 Å². The van der Waals surface area contributed by atoms with E-state index in [9.17, 15) is 4.79 Å². The molecule has 1 atom stereocenters. The molecule has 0 radical (unpaired) electrons. The average Bonchev–Trinajstić information content (AvgIpc) is 1.97. The zero-order valence-corrected chi connectivity index (χ0v) is 8.50. The fourth-order valence-electron chi connectivity index (χ4n) is 1.07. The van der Waals surface area contributed by atoms with Crippen molar-refractivity contribution < 1.29 is 9.90 Å². The Labute approximate surface area is 84.7 Å². The van der Waals surface area contributed by atoms with Gasteiger partial charge in [-0.15, -0.1) is 0 Å². The van der Waals surface area contributed by atoms with E-state index in [0.717, 1.165) is 0 Å². The summed E-state index contributed by atoms with van der Waals surface area (Å²) in [5, 5.41) is 17.9. The van der Waals surface area contributed by atoms with Crippen LogP contribution >= 0.6 is 0 Å². The monoisotopic (exact) mass is 198 g/mol. The normalized spacial score (nSPS) is 13.2. The molecule has 78 valence electrons. The topological polar surface area (TPSA) is 125 Å². The molecule has 7 N–H and O–H groups in total. The van der Waals surface area contributed by atoms with Crippen LogP contribution in [0.4, 0.5) is 0 Å². The third-order valence-corrected chi connectivity index (χ3v) is 1.87. The Kier molecular flexibility index (Phi) is 4.49. The van der Waals surface area contributed by atoms with Gasteiger partial charge >= 0.3 is 5.97 Å². The molecule has 0 aliphatic carbocycles. The quantitative estimate of drug-likeness (QED) is 0.178. The number of aliphatic carboxylic acids is 1. The molecule has 0 spiro atoms. The SMILES string of the molecule is BC(B)(CC[C@H](N)C(=O)O)NC(=N)N. The largest absolute Gasteiger partial charge is 0.480 e. The lowest BCUT2D eigenvalue weighted by Crippen LogP contribution is -2.53. The molecule has 0 unspecified atom stereocenters. The van der Waals surface area contributed by atoms with Crippen LogP contribution in [0, 0.1) is 5.41 Å². The Bertz CT molecular complexity index is 234. The van der Waals surface area contributed by atoms with Crippen molar-refractivity contribution in [3.63, 3.8) is 0 Å². The van der Waals surface area contributed by atoms with E-state index >= 15 is 0 Å². The van der Waals surface area contributed by atoms with E-state index in [2.05, 4.69) is 5.32 Å². The second kappa shape index (κ2) is 4.90. The Morgan fingerprint density at radius 2 is 2.14 bits per heavy atom. The van der Waals surface area contributed by atoms with E-state index < -0.39 is 17.3 Å². The molecule has 0 fully saturated rings. The van der Waals surface area contributed by atoms with E-state index in [4.69, 9.17) is 22.0 Å². The molecule has 0 aromatic heterocycles. The molecule has 0 aromatic carbocycles. The minimum absolute atomic E-state index is 0.126. The van der Waals surface area contributed by atoms with Gasteiger partial charge in [-0.05, 0) is 18.2 Å². The third-order valence-electron chi connectivity index (χ3n) is 1.87. The number of carboxylic acid groups (broad SMARTS) is 1. The van der Waals surface area contributed by atoms with Crippen molar-refractivity contribution in [1.29, 1.82) is 5.41 Å². The lowest BCUT2D eigenvalue weighted by molar-refractivity contribution is -0.138. The van der Waals surface area contributed by atoms with E-state index in [1.54, 1.807) is 0 Å². The number of rotatable bonds is 5. The lowest BCUT2D eigenvalue weighted by Gasteiger charge is -2.27. The summed E-state index contributed by atoms with van der Waals surface area (Å²) in [4.78, 5) is 10.4. The van der Waals surface area contributed by atoms with Crippen LogP contribution in [0.25, 0.3) is 0 Å². The summed E-state index contributed by atoms with van der Waals surface area (Å²) in [5.74, 6) is -1.14. The molecule has 0 aromatic rings. The van der Waals surface area contributed by atoms with Crippen molar-refractivity contribution in [3.8, 4) is 0 Å². The first kappa shape index (κ1) is 12.8. The van der Waals surface area contributed by atoms with Gasteiger partial charge in [0, 0.05) is 0 Å². The van der Waals surface area contributed by atoms with Gasteiger partial charge in [-0.1, -0.05) is 0 Å². The molecule has 8 heteroatoms. The highest BCUT2D eigenvalue weighted by molar-refractivity contribution is 6.40. The average molecular weight is 198 g/mol. The minimum atomic E-state index is -1.01. The van der Waals surface area contributed by atoms with E-state index in [0.29, 0.717) is 12.8 Å². The zero-order valence-electron chi connectivity index (χ0n) is 8.50. The Morgan fingerprint density at radius 1 is 1.64 bits per heavy atom. The molecular formula is C6H16B2N4O2. The van der Waals surface area contributed by atoms with E-state index in [1.807, 2.05) is 15.7 Å². The maximum Gasteiger partial charge on any atom is 0.320 e. The van der Waals surface area contributed by atoms with Gasteiger partial charge in [0.25, 0.3) is 0 Å². The van der Waals surface area contributed by atoms with Crippen molar-refractivity contribution in [3.05, 3.63) is 0 Å². The summed E-state index contributed by atoms with van der Waals surface area (Å²) in [6, 6.07) is -0.858. The van der Waals surface area contributed by atoms with Crippen LogP contribution in [0.2, 0.25) is 0 Å². The molecule has 0 rings (SSSR count). The van der Waals surface area contributed by atoms with Gasteiger partial charge in [-0.3, -0.25) is 10.2 Å². The molecule has 14 heavy (non-hydrogen) atoms. The highest BCUT2D eigenvalue weighted by Gasteiger charge is 2.21. The molecule has 0 heterocycles. The van der Waals surface area contributed by atoms with Gasteiger partial charge in [0.1, 0.15) is 21.7 Å². The second-order valence-corrected chi connectivity index (χ2v) is 3.91. The minimum Gasteiger partial charge on any atom is -0.480 e. The first-order valence-electron chi connectivity index (χ1n) is 4.35. The van der Waals surface area contributed by atoms with Crippen LogP contribution in [-0.4, -0.2) is 44.1 Å². The van der Waals surface area contributed by atoms with Crippen LogP contribution in [0.5, 0.6) is 0 Å². The van der Waals surface area contributed by atoms with Gasteiger partial charge in [0.05, 0.1) is 0 Å². The summed E-state index contributed by atoms with van der Waals surface area (Å²) in [7, 11) is 3.67. The molecule has 0 saturated carbocycles. The molecule has 0 bridgehead atoms. The van der Waals surface area contributed by atoms with Gasteiger partial charge in [0.2, 0.25) is 0 Å². The maximum atomic E-state index is 10.4. The van der Waals surface area contributed by atoms with Crippen molar-refractivity contribution >= 4 is 27.6 Å². The number of hydrogen-bond acceptors (Lipinski definition) is 3. The standard InChI is InChI=1S/C6H16B2N4O2/c7-6(8,12-5(10)11)2-1-3(9)4(13)14/h3H,1-2,7-9H2,(H,13,14)(H4,10,11,12)/t3-/m0/s1. The summed E-state index contributed by atoms with van der Waals surface area (Å²) >= 11 is 0. The highest BCUT2D eigenvalue weighted by Crippen LogP contribution is 2.05. The molecule has 6 nitrogen and oxygen atoms in total. The molecule has 0 aliphatic rings.